The molecule has 34 heavy (non-hydrogen) atoms. The molecule has 1 aliphatic heterocycles. The molecule has 172 valence electrons. The summed E-state index contributed by atoms with van der Waals surface area (Å²) in [5, 5.41) is 9.46. The predicted molar refractivity (Wildman–Crippen MR) is 133 cm³/mol. The number of benzene rings is 3. The number of rotatable bonds is 6. The van der Waals surface area contributed by atoms with Crippen molar-refractivity contribution in [2.24, 2.45) is 5.10 Å². The van der Waals surface area contributed by atoms with E-state index in [-0.39, 0.29) is 0 Å². The van der Waals surface area contributed by atoms with Crippen LogP contribution in [0, 0.1) is 0 Å². The molecule has 0 radical (unpaired) electrons. The average Bonchev–Trinajstić information content (AvgIpc) is 3.50. The van der Waals surface area contributed by atoms with E-state index in [9.17, 15) is 8.42 Å². The molecule has 5 rings (SSSR count). The van der Waals surface area contributed by atoms with Gasteiger partial charge in [-0.25, -0.2) is 13.1 Å². The number of hydrazone groups is 1. The molecule has 0 spiro atoms. The molecule has 7 nitrogen and oxygen atoms in total. The summed E-state index contributed by atoms with van der Waals surface area (Å²) < 4.78 is 33.6. The van der Waals surface area contributed by atoms with Crippen LogP contribution in [0.15, 0.2) is 96.2 Å². The molecule has 1 atom stereocenters. The normalized spacial score (nSPS) is 15.9. The first-order valence-corrected chi connectivity index (χ1v) is 12.7. The van der Waals surface area contributed by atoms with Crippen molar-refractivity contribution in [2.75, 3.05) is 13.4 Å². The molecule has 0 bridgehead atoms. The summed E-state index contributed by atoms with van der Waals surface area (Å²) in [5.74, 6) is 0.749. The van der Waals surface area contributed by atoms with Crippen molar-refractivity contribution in [2.45, 2.75) is 12.5 Å². The SMILES string of the molecule is COc1ccc(-c2nn(-c3ccccc3)cc2C2=NN(S(C)(=O)=O)[C@@H](c3ccccc3)C2)cc1. The minimum Gasteiger partial charge on any atom is -0.497 e. The standard InChI is InChI=1S/C26H24N4O3S/c1-33-22-15-13-20(14-16-22)26-23(18-29(28-26)21-11-7-4-8-12-21)24-17-25(19-9-5-3-6-10-19)30(27-24)34(2,31)32/h3-16,18,25H,17H2,1-2H3/t25-/m1/s1. The average molecular weight is 473 g/mol. The quantitative estimate of drug-likeness (QED) is 0.409. The topological polar surface area (TPSA) is 76.8 Å². The summed E-state index contributed by atoms with van der Waals surface area (Å²) in [6.07, 6.45) is 3.55. The van der Waals surface area contributed by atoms with Gasteiger partial charge in [0.05, 0.1) is 30.8 Å². The van der Waals surface area contributed by atoms with Crippen LogP contribution in [0.3, 0.4) is 0 Å². The van der Waals surface area contributed by atoms with Crippen LogP contribution >= 0.6 is 0 Å². The summed E-state index contributed by atoms with van der Waals surface area (Å²) in [7, 11) is -1.94. The Kier molecular flexibility index (Phi) is 5.67. The summed E-state index contributed by atoms with van der Waals surface area (Å²) >= 11 is 0. The monoisotopic (exact) mass is 472 g/mol. The van der Waals surface area contributed by atoms with Gasteiger partial charge in [0.25, 0.3) is 0 Å². The molecule has 3 aromatic carbocycles. The van der Waals surface area contributed by atoms with Gasteiger partial charge in [-0.2, -0.15) is 14.6 Å². The van der Waals surface area contributed by atoms with E-state index < -0.39 is 16.1 Å². The maximum Gasteiger partial charge on any atom is 0.247 e. The summed E-state index contributed by atoms with van der Waals surface area (Å²) in [5.41, 5.74) is 4.89. The maximum atomic E-state index is 12.6. The van der Waals surface area contributed by atoms with Gasteiger partial charge in [-0.05, 0) is 42.0 Å². The lowest BCUT2D eigenvalue weighted by atomic mass is 9.97. The molecule has 4 aromatic rings. The highest BCUT2D eigenvalue weighted by atomic mass is 32.2. The lowest BCUT2D eigenvalue weighted by Gasteiger charge is -2.21. The molecule has 0 aliphatic carbocycles. The Morgan fingerprint density at radius 3 is 2.18 bits per heavy atom. The number of sulfonamides is 1. The van der Waals surface area contributed by atoms with Crippen LogP contribution in [-0.4, -0.2) is 41.7 Å². The fourth-order valence-corrected chi connectivity index (χ4v) is 5.05. The summed E-state index contributed by atoms with van der Waals surface area (Å²) in [6, 6.07) is 26.6. The number of aromatic nitrogens is 2. The summed E-state index contributed by atoms with van der Waals surface area (Å²) in [4.78, 5) is 0. The third-order valence-electron chi connectivity index (χ3n) is 5.81. The summed E-state index contributed by atoms with van der Waals surface area (Å²) in [6.45, 7) is 0. The van der Waals surface area contributed by atoms with E-state index in [1.165, 1.54) is 10.7 Å². The fraction of sp³-hybridized carbons (Fsp3) is 0.154. The molecule has 0 unspecified atom stereocenters. The molecule has 0 saturated heterocycles. The van der Waals surface area contributed by atoms with Crippen molar-refractivity contribution in [3.8, 4) is 22.7 Å². The Morgan fingerprint density at radius 1 is 0.912 bits per heavy atom. The molecular weight excluding hydrogens is 448 g/mol. The van der Waals surface area contributed by atoms with Gasteiger partial charge in [0.1, 0.15) is 11.4 Å². The molecule has 0 fully saturated rings. The van der Waals surface area contributed by atoms with Crippen molar-refractivity contribution in [1.29, 1.82) is 0 Å². The van der Waals surface area contributed by atoms with Crippen LogP contribution in [-0.2, 0) is 10.0 Å². The highest BCUT2D eigenvalue weighted by molar-refractivity contribution is 7.88. The lowest BCUT2D eigenvalue weighted by molar-refractivity contribution is 0.375. The van der Waals surface area contributed by atoms with Crippen molar-refractivity contribution in [3.05, 3.63) is 102 Å². The second-order valence-corrected chi connectivity index (χ2v) is 9.95. The second-order valence-electron chi connectivity index (χ2n) is 8.11. The van der Waals surface area contributed by atoms with Gasteiger partial charge in [0.2, 0.25) is 10.0 Å². The van der Waals surface area contributed by atoms with Crippen molar-refractivity contribution in [1.82, 2.24) is 14.2 Å². The number of nitrogens with zero attached hydrogens (tertiary/aromatic N) is 4. The van der Waals surface area contributed by atoms with E-state index in [2.05, 4.69) is 5.10 Å². The fourth-order valence-electron chi connectivity index (χ4n) is 4.14. The molecular formula is C26H24N4O3S. The number of para-hydroxylation sites is 1. The first kappa shape index (κ1) is 21.9. The van der Waals surface area contributed by atoms with E-state index in [1.54, 1.807) is 11.8 Å². The first-order valence-electron chi connectivity index (χ1n) is 10.9. The highest BCUT2D eigenvalue weighted by Crippen LogP contribution is 2.37. The predicted octanol–water partition coefficient (Wildman–Crippen LogP) is 4.66. The second kappa shape index (κ2) is 8.79. The molecule has 0 saturated carbocycles. The van der Waals surface area contributed by atoms with E-state index >= 15 is 0 Å². The Bertz CT molecular complexity index is 1430. The Labute approximate surface area is 199 Å². The number of methoxy groups -OCH3 is 1. The molecule has 0 N–H and O–H groups in total. The number of ether oxygens (including phenoxy) is 1. The van der Waals surface area contributed by atoms with E-state index in [1.807, 2.05) is 91.1 Å². The van der Waals surface area contributed by atoms with Crippen LogP contribution in [0.4, 0.5) is 0 Å². The smallest absolute Gasteiger partial charge is 0.247 e. The molecule has 1 aromatic heterocycles. The van der Waals surface area contributed by atoms with Crippen LogP contribution in [0.5, 0.6) is 5.75 Å². The Hall–Kier alpha value is -3.91. The third kappa shape index (κ3) is 4.20. The van der Waals surface area contributed by atoms with Gasteiger partial charge in [-0.3, -0.25) is 0 Å². The van der Waals surface area contributed by atoms with Crippen molar-refractivity contribution < 1.29 is 13.2 Å². The minimum absolute atomic E-state index is 0.407. The Morgan fingerprint density at radius 2 is 1.56 bits per heavy atom. The zero-order chi connectivity index (χ0) is 23.7. The van der Waals surface area contributed by atoms with Gasteiger partial charge in [-0.15, -0.1) is 0 Å². The van der Waals surface area contributed by atoms with Crippen LogP contribution in [0.1, 0.15) is 23.6 Å². The van der Waals surface area contributed by atoms with Crippen LogP contribution in [0.25, 0.3) is 16.9 Å². The zero-order valence-corrected chi connectivity index (χ0v) is 19.7. The van der Waals surface area contributed by atoms with E-state index in [0.29, 0.717) is 12.1 Å². The van der Waals surface area contributed by atoms with Gasteiger partial charge >= 0.3 is 0 Å². The highest BCUT2D eigenvalue weighted by Gasteiger charge is 2.36. The molecule has 8 heteroatoms. The van der Waals surface area contributed by atoms with Crippen LogP contribution in [0.2, 0.25) is 0 Å². The van der Waals surface area contributed by atoms with Crippen molar-refractivity contribution in [3.63, 3.8) is 0 Å². The number of hydrogen-bond donors (Lipinski definition) is 0. The lowest BCUT2D eigenvalue weighted by Crippen LogP contribution is -2.25. The minimum atomic E-state index is -3.57. The third-order valence-corrected chi connectivity index (χ3v) is 6.82. The first-order chi connectivity index (χ1) is 16.4. The Balaban J connectivity index is 1.63. The molecule has 2 heterocycles. The maximum absolute atomic E-state index is 12.6. The van der Waals surface area contributed by atoms with Gasteiger partial charge in [-0.1, -0.05) is 48.5 Å². The van der Waals surface area contributed by atoms with E-state index in [4.69, 9.17) is 9.84 Å². The molecule has 1 aliphatic rings. The van der Waals surface area contributed by atoms with E-state index in [0.717, 1.165) is 33.8 Å². The molecule has 0 amide bonds. The van der Waals surface area contributed by atoms with Crippen LogP contribution < -0.4 is 4.74 Å². The largest absolute Gasteiger partial charge is 0.497 e. The number of hydrogen-bond acceptors (Lipinski definition) is 5. The van der Waals surface area contributed by atoms with Gasteiger partial charge in [0, 0.05) is 23.7 Å². The van der Waals surface area contributed by atoms with Gasteiger partial charge < -0.3 is 4.74 Å². The zero-order valence-electron chi connectivity index (χ0n) is 18.9. The van der Waals surface area contributed by atoms with Gasteiger partial charge in [0.15, 0.2) is 0 Å². The van der Waals surface area contributed by atoms with Crippen molar-refractivity contribution >= 4 is 15.7 Å².